The Bertz CT molecular complexity index is 414. The van der Waals surface area contributed by atoms with Crippen LogP contribution < -0.4 is 5.32 Å². The van der Waals surface area contributed by atoms with Gasteiger partial charge >= 0.3 is 0 Å². The molecule has 0 bridgehead atoms. The van der Waals surface area contributed by atoms with Crippen LogP contribution in [-0.2, 0) is 11.3 Å². The molecule has 1 aliphatic heterocycles. The fourth-order valence-electron chi connectivity index (χ4n) is 2.34. The van der Waals surface area contributed by atoms with Crippen molar-refractivity contribution in [3.63, 3.8) is 0 Å². The number of likely N-dealkylation sites (tertiary alicyclic amines) is 1. The second-order valence-corrected chi connectivity index (χ2v) is 4.90. The van der Waals surface area contributed by atoms with Crippen molar-refractivity contribution < 1.29 is 13.5 Å². The van der Waals surface area contributed by atoms with Gasteiger partial charge < -0.3 is 10.1 Å². The second kappa shape index (κ2) is 6.93. The fourth-order valence-corrected chi connectivity index (χ4v) is 2.34. The average molecular weight is 270 g/mol. The Morgan fingerprint density at radius 1 is 1.42 bits per heavy atom. The van der Waals surface area contributed by atoms with Gasteiger partial charge in [-0.25, -0.2) is 8.78 Å². The van der Waals surface area contributed by atoms with E-state index in [0.29, 0.717) is 18.2 Å². The highest BCUT2D eigenvalue weighted by Gasteiger charge is 2.21. The van der Waals surface area contributed by atoms with E-state index in [1.165, 1.54) is 12.1 Å². The molecule has 5 heteroatoms. The Labute approximate surface area is 112 Å². The van der Waals surface area contributed by atoms with E-state index < -0.39 is 11.6 Å². The van der Waals surface area contributed by atoms with Gasteiger partial charge in [-0.15, -0.1) is 0 Å². The van der Waals surface area contributed by atoms with Gasteiger partial charge in [0.05, 0.1) is 6.61 Å². The Morgan fingerprint density at radius 3 is 3.00 bits per heavy atom. The standard InChI is InChI=1S/C14H20F2N2O/c1-19-7-6-18-5-4-13(10-18)17-9-11-2-3-12(15)8-14(11)16/h2-3,8,13,17H,4-7,9-10H2,1H3. The molecule has 0 aliphatic carbocycles. The van der Waals surface area contributed by atoms with Crippen molar-refractivity contribution in [2.45, 2.75) is 19.0 Å². The largest absolute Gasteiger partial charge is 0.383 e. The zero-order chi connectivity index (χ0) is 13.7. The summed E-state index contributed by atoms with van der Waals surface area (Å²) in [6.45, 7) is 4.09. The summed E-state index contributed by atoms with van der Waals surface area (Å²) in [6.07, 6.45) is 1.05. The molecule has 19 heavy (non-hydrogen) atoms. The third-order valence-electron chi connectivity index (χ3n) is 3.48. The summed E-state index contributed by atoms with van der Waals surface area (Å²) in [7, 11) is 1.70. The SMILES string of the molecule is COCCN1CCC(NCc2ccc(F)cc2F)C1. The second-order valence-electron chi connectivity index (χ2n) is 4.90. The van der Waals surface area contributed by atoms with Gasteiger partial charge in [-0.1, -0.05) is 6.07 Å². The predicted molar refractivity (Wildman–Crippen MR) is 69.9 cm³/mol. The summed E-state index contributed by atoms with van der Waals surface area (Å²) in [4.78, 5) is 2.32. The number of hydrogen-bond acceptors (Lipinski definition) is 3. The van der Waals surface area contributed by atoms with E-state index in [0.717, 1.165) is 38.7 Å². The monoisotopic (exact) mass is 270 g/mol. The summed E-state index contributed by atoms with van der Waals surface area (Å²) in [6, 6.07) is 4.08. The minimum atomic E-state index is -0.534. The highest BCUT2D eigenvalue weighted by Crippen LogP contribution is 2.12. The van der Waals surface area contributed by atoms with E-state index in [-0.39, 0.29) is 0 Å². The van der Waals surface area contributed by atoms with Crippen molar-refractivity contribution >= 4 is 0 Å². The average Bonchev–Trinajstić information content (AvgIpc) is 2.83. The van der Waals surface area contributed by atoms with Crippen molar-refractivity contribution in [3.8, 4) is 0 Å². The van der Waals surface area contributed by atoms with Crippen molar-refractivity contribution in [2.75, 3.05) is 33.4 Å². The van der Waals surface area contributed by atoms with Crippen LogP contribution in [0, 0.1) is 11.6 Å². The molecule has 1 heterocycles. The van der Waals surface area contributed by atoms with Crippen molar-refractivity contribution in [3.05, 3.63) is 35.4 Å². The Balaban J connectivity index is 1.77. The summed E-state index contributed by atoms with van der Waals surface area (Å²) in [5.41, 5.74) is 0.511. The van der Waals surface area contributed by atoms with Gasteiger partial charge in [-0.05, 0) is 19.0 Å². The van der Waals surface area contributed by atoms with Crippen LogP contribution >= 0.6 is 0 Å². The van der Waals surface area contributed by atoms with Crippen molar-refractivity contribution in [1.29, 1.82) is 0 Å². The maximum Gasteiger partial charge on any atom is 0.130 e. The number of nitrogens with one attached hydrogen (secondary N) is 1. The molecule has 1 aromatic rings. The lowest BCUT2D eigenvalue weighted by Gasteiger charge is -2.16. The lowest BCUT2D eigenvalue weighted by molar-refractivity contribution is 0.159. The van der Waals surface area contributed by atoms with Gasteiger partial charge in [0.2, 0.25) is 0 Å². The molecule has 1 fully saturated rings. The zero-order valence-corrected chi connectivity index (χ0v) is 11.2. The van der Waals surface area contributed by atoms with Crippen LogP contribution in [0.5, 0.6) is 0 Å². The van der Waals surface area contributed by atoms with Gasteiger partial charge in [-0.3, -0.25) is 4.90 Å². The molecule has 1 atom stereocenters. The van der Waals surface area contributed by atoms with Gasteiger partial charge in [-0.2, -0.15) is 0 Å². The molecule has 3 nitrogen and oxygen atoms in total. The Hall–Kier alpha value is -1.04. The smallest absolute Gasteiger partial charge is 0.130 e. The van der Waals surface area contributed by atoms with E-state index in [4.69, 9.17) is 4.74 Å². The van der Waals surface area contributed by atoms with Crippen molar-refractivity contribution in [1.82, 2.24) is 10.2 Å². The number of methoxy groups -OCH3 is 1. The minimum absolute atomic E-state index is 0.362. The van der Waals surface area contributed by atoms with Crippen LogP contribution in [0.2, 0.25) is 0 Å². The van der Waals surface area contributed by atoms with Crippen LogP contribution in [0.15, 0.2) is 18.2 Å². The quantitative estimate of drug-likeness (QED) is 0.852. The molecular weight excluding hydrogens is 250 g/mol. The Morgan fingerprint density at radius 2 is 2.26 bits per heavy atom. The van der Waals surface area contributed by atoms with E-state index >= 15 is 0 Å². The van der Waals surface area contributed by atoms with Crippen LogP contribution in [0.3, 0.4) is 0 Å². The molecule has 0 radical (unpaired) electrons. The molecule has 0 aromatic heterocycles. The summed E-state index contributed by atoms with van der Waals surface area (Å²) in [5, 5.41) is 3.32. The molecule has 0 saturated carbocycles. The molecular formula is C14H20F2N2O. The molecule has 2 rings (SSSR count). The molecule has 1 N–H and O–H groups in total. The molecule has 1 aliphatic rings. The highest BCUT2D eigenvalue weighted by molar-refractivity contribution is 5.18. The molecule has 0 amide bonds. The maximum absolute atomic E-state index is 13.5. The number of benzene rings is 1. The molecule has 0 spiro atoms. The first-order valence-corrected chi connectivity index (χ1v) is 6.57. The third kappa shape index (κ3) is 4.23. The van der Waals surface area contributed by atoms with Gasteiger partial charge in [0.25, 0.3) is 0 Å². The van der Waals surface area contributed by atoms with Gasteiger partial charge in [0, 0.05) is 44.4 Å². The number of ether oxygens (including phenoxy) is 1. The van der Waals surface area contributed by atoms with Gasteiger partial charge in [0.1, 0.15) is 11.6 Å². The van der Waals surface area contributed by atoms with Crippen LogP contribution in [0.1, 0.15) is 12.0 Å². The topological polar surface area (TPSA) is 24.5 Å². The van der Waals surface area contributed by atoms with Crippen LogP contribution in [0.25, 0.3) is 0 Å². The highest BCUT2D eigenvalue weighted by atomic mass is 19.1. The number of rotatable bonds is 6. The van der Waals surface area contributed by atoms with Gasteiger partial charge in [0.15, 0.2) is 0 Å². The molecule has 1 saturated heterocycles. The summed E-state index contributed by atoms with van der Waals surface area (Å²) in [5.74, 6) is -1.02. The number of hydrogen-bond donors (Lipinski definition) is 1. The van der Waals surface area contributed by atoms with Crippen LogP contribution in [-0.4, -0.2) is 44.3 Å². The first-order valence-electron chi connectivity index (χ1n) is 6.57. The summed E-state index contributed by atoms with van der Waals surface area (Å²) >= 11 is 0. The van der Waals surface area contributed by atoms with Crippen LogP contribution in [0.4, 0.5) is 8.78 Å². The van der Waals surface area contributed by atoms with E-state index in [1.807, 2.05) is 0 Å². The number of halogens is 2. The normalized spacial score (nSPS) is 20.1. The molecule has 106 valence electrons. The lowest BCUT2D eigenvalue weighted by atomic mass is 10.2. The third-order valence-corrected chi connectivity index (χ3v) is 3.48. The number of nitrogens with zero attached hydrogens (tertiary/aromatic N) is 1. The van der Waals surface area contributed by atoms with Crippen molar-refractivity contribution in [2.24, 2.45) is 0 Å². The summed E-state index contributed by atoms with van der Waals surface area (Å²) < 4.78 is 31.3. The van der Waals surface area contributed by atoms with E-state index in [1.54, 1.807) is 7.11 Å². The van der Waals surface area contributed by atoms with E-state index in [2.05, 4.69) is 10.2 Å². The maximum atomic E-state index is 13.5. The molecule has 1 unspecified atom stereocenters. The Kier molecular flexibility index (Phi) is 5.24. The minimum Gasteiger partial charge on any atom is -0.383 e. The zero-order valence-electron chi connectivity index (χ0n) is 11.2. The fraction of sp³-hybridized carbons (Fsp3) is 0.571. The van der Waals surface area contributed by atoms with E-state index in [9.17, 15) is 8.78 Å². The first kappa shape index (κ1) is 14.4. The lowest BCUT2D eigenvalue weighted by Crippen LogP contribution is -2.33. The molecule has 1 aromatic carbocycles. The predicted octanol–water partition coefficient (Wildman–Crippen LogP) is 1.78. The first-order chi connectivity index (χ1) is 9.19.